The van der Waals surface area contributed by atoms with E-state index in [9.17, 15) is 19.6 Å². The van der Waals surface area contributed by atoms with E-state index in [0.717, 1.165) is 35.5 Å². The van der Waals surface area contributed by atoms with Crippen LogP contribution in [-0.4, -0.2) is 54.0 Å². The summed E-state index contributed by atoms with van der Waals surface area (Å²) < 4.78 is 18.2. The van der Waals surface area contributed by atoms with Gasteiger partial charge in [-0.1, -0.05) is 18.6 Å². The normalized spacial score (nSPS) is 31.6. The molecule has 8 heteroatoms. The molecule has 0 aromatic carbocycles. The van der Waals surface area contributed by atoms with E-state index in [1.165, 1.54) is 5.57 Å². The molecule has 1 aliphatic rings. The van der Waals surface area contributed by atoms with Crippen LogP contribution in [0.5, 0.6) is 0 Å². The van der Waals surface area contributed by atoms with Crippen LogP contribution < -0.4 is 0 Å². The van der Waals surface area contributed by atoms with Crippen molar-refractivity contribution in [2.75, 3.05) is 0 Å². The first kappa shape index (κ1) is 29.0. The third kappa shape index (κ3) is 7.92. The van der Waals surface area contributed by atoms with E-state index in [-0.39, 0.29) is 12.3 Å². The molecule has 1 aliphatic heterocycles. The highest BCUT2D eigenvalue weighted by Gasteiger charge is 2.40. The quantitative estimate of drug-likeness (QED) is 0.345. The van der Waals surface area contributed by atoms with Crippen LogP contribution in [0.15, 0.2) is 22.6 Å². The van der Waals surface area contributed by atoms with Gasteiger partial charge in [0, 0.05) is 11.8 Å². The van der Waals surface area contributed by atoms with Gasteiger partial charge in [0.05, 0.1) is 33.2 Å². The monoisotopic (exact) mass is 513 g/mol. The van der Waals surface area contributed by atoms with Crippen molar-refractivity contribution in [3.63, 3.8) is 0 Å². The lowest BCUT2D eigenvalue weighted by Crippen LogP contribution is -2.52. The van der Waals surface area contributed by atoms with Crippen molar-refractivity contribution in [1.82, 2.24) is 4.98 Å². The third-order valence-corrected chi connectivity index (χ3v) is 10.6. The molecule has 34 heavy (non-hydrogen) atoms. The maximum Gasteiger partial charge on any atom is 0.309 e. The van der Waals surface area contributed by atoms with Crippen molar-refractivity contribution in [3.8, 4) is 0 Å². The second-order valence-electron chi connectivity index (χ2n) is 10.4. The standard InChI is InChI=1S/C26H43NO5S2/c1-16-9-8-10-17(2)25(30)19(4)34(31)26(6,7)23(28)14-24(29)32-22(12-11-16)18(3)13-21-15-33-20(5)27-21/h11,13,15,17,19,22-23,25,28,30H,8-10,12,14,34H2,1-7H3/t17-,19?,22-,23?,25?/m0/s1. The van der Waals surface area contributed by atoms with Crippen LogP contribution in [0.4, 0.5) is 0 Å². The van der Waals surface area contributed by atoms with Gasteiger partial charge in [-0.2, -0.15) is 0 Å². The number of ether oxygens (including phenoxy) is 1. The van der Waals surface area contributed by atoms with Crippen LogP contribution in [0, 0.1) is 12.8 Å². The lowest BCUT2D eigenvalue weighted by Gasteiger charge is -2.47. The highest BCUT2D eigenvalue weighted by molar-refractivity contribution is 7.93. The van der Waals surface area contributed by atoms with Crippen molar-refractivity contribution in [2.45, 2.75) is 109 Å². The maximum atomic E-state index is 13.4. The lowest BCUT2D eigenvalue weighted by atomic mass is 9.94. The average molecular weight is 514 g/mol. The number of cyclic esters (lactones) is 1. The largest absolute Gasteiger partial charge is 0.688 e. The summed E-state index contributed by atoms with van der Waals surface area (Å²) in [6, 6.07) is 0. The Labute approximate surface area is 211 Å². The van der Waals surface area contributed by atoms with Crippen LogP contribution in [0.3, 0.4) is 0 Å². The Hall–Kier alpha value is -1.19. The summed E-state index contributed by atoms with van der Waals surface area (Å²) >= 11 is -0.860. The summed E-state index contributed by atoms with van der Waals surface area (Å²) in [7, 11) is 0. The second-order valence-corrected chi connectivity index (χ2v) is 14.4. The molecule has 1 aromatic heterocycles. The highest BCUT2D eigenvalue weighted by Crippen LogP contribution is 2.32. The van der Waals surface area contributed by atoms with Crippen molar-refractivity contribution < 1.29 is 24.3 Å². The number of aromatic nitrogens is 1. The average Bonchev–Trinajstić information content (AvgIpc) is 3.18. The Balaban J connectivity index is 2.32. The molecule has 0 saturated carbocycles. The first-order chi connectivity index (χ1) is 15.8. The number of aliphatic hydroxyl groups excluding tert-OH is 2. The molecule has 0 amide bonds. The van der Waals surface area contributed by atoms with Gasteiger partial charge in [0.1, 0.15) is 12.2 Å². The van der Waals surface area contributed by atoms with Gasteiger partial charge in [0.15, 0.2) is 0 Å². The summed E-state index contributed by atoms with van der Waals surface area (Å²) in [4.78, 5) is 17.3. The molecule has 0 radical (unpaired) electrons. The van der Waals surface area contributed by atoms with Gasteiger partial charge in [0.2, 0.25) is 0 Å². The molecule has 5 atom stereocenters. The zero-order valence-corrected chi connectivity index (χ0v) is 23.4. The molecular weight excluding hydrogens is 470 g/mol. The van der Waals surface area contributed by atoms with E-state index in [1.54, 1.807) is 32.1 Å². The van der Waals surface area contributed by atoms with Crippen molar-refractivity contribution in [1.29, 1.82) is 0 Å². The summed E-state index contributed by atoms with van der Waals surface area (Å²) in [6.07, 6.45) is 4.65. The Morgan fingerprint density at radius 3 is 2.62 bits per heavy atom. The summed E-state index contributed by atoms with van der Waals surface area (Å²) in [5.41, 5.74) is 2.93. The van der Waals surface area contributed by atoms with Crippen LogP contribution >= 0.6 is 11.3 Å². The smallest absolute Gasteiger partial charge is 0.309 e. The van der Waals surface area contributed by atoms with E-state index < -0.39 is 45.5 Å². The summed E-state index contributed by atoms with van der Waals surface area (Å²) in [6.45, 7) is 13.1. The number of aryl methyl sites for hydroxylation is 1. The van der Waals surface area contributed by atoms with Crippen LogP contribution in [0.2, 0.25) is 0 Å². The van der Waals surface area contributed by atoms with Gasteiger partial charge in [-0.15, -0.1) is 11.3 Å². The van der Waals surface area contributed by atoms with Gasteiger partial charge in [0.25, 0.3) is 0 Å². The number of nitrogens with zero attached hydrogens (tertiary/aromatic N) is 1. The molecule has 194 valence electrons. The molecule has 0 bridgehead atoms. The number of thiazole rings is 1. The first-order valence-corrected chi connectivity index (χ1v) is 14.5. The summed E-state index contributed by atoms with van der Waals surface area (Å²) in [5, 5.41) is 24.2. The molecule has 0 fully saturated rings. The Morgan fingerprint density at radius 2 is 2.00 bits per heavy atom. The zero-order valence-electron chi connectivity index (χ0n) is 21.6. The number of rotatable bonds is 2. The minimum atomic E-state index is -2.43. The number of hydrogen-bond acceptors (Lipinski definition) is 7. The lowest BCUT2D eigenvalue weighted by molar-refractivity contribution is -0.149. The Bertz CT molecular complexity index is 878. The van der Waals surface area contributed by atoms with Gasteiger partial charge in [-0.05, 0) is 78.4 Å². The minimum Gasteiger partial charge on any atom is -0.688 e. The fourth-order valence-electron chi connectivity index (χ4n) is 4.40. The third-order valence-electron chi connectivity index (χ3n) is 7.04. The SMILES string of the molecule is CC1=CC[C@@H](C(C)=Cc2csc(C)n2)OC(=O)CC(O)C(C)(C)[SH2+]([O-])C(C)C(O)[C@@H](C)CCC1. The number of allylic oxidation sites excluding steroid dienone is 1. The van der Waals surface area contributed by atoms with E-state index in [0.29, 0.717) is 6.42 Å². The van der Waals surface area contributed by atoms with Gasteiger partial charge in [-0.25, -0.2) is 4.98 Å². The molecule has 0 aliphatic carbocycles. The molecule has 3 unspecified atom stereocenters. The van der Waals surface area contributed by atoms with Crippen LogP contribution in [-0.2, 0) is 20.7 Å². The molecule has 6 nitrogen and oxygen atoms in total. The van der Waals surface area contributed by atoms with E-state index in [4.69, 9.17) is 4.74 Å². The van der Waals surface area contributed by atoms with Crippen molar-refractivity contribution >= 4 is 34.6 Å². The molecule has 2 N–H and O–H groups in total. The second kappa shape index (κ2) is 12.7. The molecule has 2 heterocycles. The number of carbonyl (C=O) groups excluding carboxylic acids is 1. The molecule has 0 spiro atoms. The number of hydrogen-bond donors (Lipinski definition) is 2. The van der Waals surface area contributed by atoms with Crippen molar-refractivity contribution in [3.05, 3.63) is 33.3 Å². The molecule has 1 aromatic rings. The first-order valence-electron chi connectivity index (χ1n) is 12.2. The summed E-state index contributed by atoms with van der Waals surface area (Å²) in [5.74, 6) is -0.524. The predicted molar refractivity (Wildman–Crippen MR) is 143 cm³/mol. The fourth-order valence-corrected chi connectivity index (χ4v) is 7.22. The fraction of sp³-hybridized carbons (Fsp3) is 0.692. The predicted octanol–water partition coefficient (Wildman–Crippen LogP) is 4.42. The Kier molecular flexibility index (Phi) is 10.8. The molecular formula is C26H43NO5S2. The number of carbonyl (C=O) groups is 1. The highest BCUT2D eigenvalue weighted by atomic mass is 32.2. The van der Waals surface area contributed by atoms with Gasteiger partial charge in [-0.3, -0.25) is 4.79 Å². The number of esters is 1. The molecule has 2 rings (SSSR count). The van der Waals surface area contributed by atoms with E-state index in [1.807, 2.05) is 32.2 Å². The van der Waals surface area contributed by atoms with E-state index >= 15 is 0 Å². The van der Waals surface area contributed by atoms with Gasteiger partial charge >= 0.3 is 5.97 Å². The topological polar surface area (TPSA) is 103 Å². The molecule has 0 saturated heterocycles. The van der Waals surface area contributed by atoms with Crippen molar-refractivity contribution in [2.24, 2.45) is 5.92 Å². The van der Waals surface area contributed by atoms with Crippen LogP contribution in [0.1, 0.15) is 84.3 Å². The maximum absolute atomic E-state index is 13.4. The van der Waals surface area contributed by atoms with Crippen LogP contribution in [0.25, 0.3) is 6.08 Å². The minimum absolute atomic E-state index is 0.00191. The Morgan fingerprint density at radius 1 is 1.32 bits per heavy atom. The van der Waals surface area contributed by atoms with Gasteiger partial charge < -0.3 is 30.7 Å². The zero-order chi connectivity index (χ0) is 25.6. The number of aliphatic hydroxyl groups is 2. The van der Waals surface area contributed by atoms with E-state index in [2.05, 4.69) is 18.0 Å².